The maximum Gasteiger partial charge on any atom is 0.255 e. The van der Waals surface area contributed by atoms with Crippen LogP contribution in [-0.4, -0.2) is 53.8 Å². The van der Waals surface area contributed by atoms with Crippen molar-refractivity contribution in [3.63, 3.8) is 0 Å². The molecule has 5 heteroatoms. The number of nitrogens with zero attached hydrogens (tertiary/aromatic N) is 2. The van der Waals surface area contributed by atoms with Crippen LogP contribution in [0, 0.1) is 5.92 Å². The van der Waals surface area contributed by atoms with Gasteiger partial charge >= 0.3 is 0 Å². The smallest absolute Gasteiger partial charge is 0.255 e. The van der Waals surface area contributed by atoms with Crippen LogP contribution in [0.25, 0.3) is 0 Å². The fourth-order valence-corrected chi connectivity index (χ4v) is 5.70. The SMILES string of the molecule is O=C(NCCCN1CCC(Cc2ccccc2)CC1)[C@@H](Cc1ccccc1)N1Cc2ccccc2C1=O. The molecule has 1 atom stereocenters. The topological polar surface area (TPSA) is 52.7 Å². The number of benzene rings is 3. The average Bonchev–Trinajstić information content (AvgIpc) is 3.27. The van der Waals surface area contributed by atoms with E-state index in [-0.39, 0.29) is 11.8 Å². The molecular formula is C32H37N3O2. The third-order valence-corrected chi connectivity index (χ3v) is 7.82. The lowest BCUT2D eigenvalue weighted by Crippen LogP contribution is -2.48. The van der Waals surface area contributed by atoms with E-state index in [2.05, 4.69) is 40.5 Å². The number of hydrogen-bond acceptors (Lipinski definition) is 3. The normalized spacial score (nSPS) is 17.0. The van der Waals surface area contributed by atoms with Gasteiger partial charge in [-0.25, -0.2) is 0 Å². The molecule has 0 unspecified atom stereocenters. The molecule has 5 nitrogen and oxygen atoms in total. The van der Waals surface area contributed by atoms with Gasteiger partial charge < -0.3 is 15.1 Å². The average molecular weight is 496 g/mol. The Kier molecular flexibility index (Phi) is 8.32. The molecule has 2 amide bonds. The van der Waals surface area contributed by atoms with E-state index < -0.39 is 6.04 Å². The van der Waals surface area contributed by atoms with E-state index in [9.17, 15) is 9.59 Å². The van der Waals surface area contributed by atoms with Gasteiger partial charge in [0.25, 0.3) is 5.91 Å². The number of amides is 2. The van der Waals surface area contributed by atoms with Crippen LogP contribution in [0.4, 0.5) is 0 Å². The highest BCUT2D eigenvalue weighted by Crippen LogP contribution is 2.26. The largest absolute Gasteiger partial charge is 0.354 e. The first-order chi connectivity index (χ1) is 18.2. The molecule has 2 heterocycles. The van der Waals surface area contributed by atoms with Crippen LogP contribution in [0.3, 0.4) is 0 Å². The molecule has 2 aliphatic heterocycles. The van der Waals surface area contributed by atoms with Gasteiger partial charge in [-0.15, -0.1) is 0 Å². The van der Waals surface area contributed by atoms with Gasteiger partial charge in [0.2, 0.25) is 5.91 Å². The molecule has 5 rings (SSSR count). The zero-order valence-electron chi connectivity index (χ0n) is 21.5. The molecule has 1 N–H and O–H groups in total. The van der Waals surface area contributed by atoms with Crippen molar-refractivity contribution in [1.29, 1.82) is 0 Å². The Morgan fingerprint density at radius 3 is 2.22 bits per heavy atom. The third kappa shape index (κ3) is 6.47. The van der Waals surface area contributed by atoms with Crippen LogP contribution < -0.4 is 5.32 Å². The molecule has 3 aromatic rings. The number of nitrogens with one attached hydrogen (secondary N) is 1. The fourth-order valence-electron chi connectivity index (χ4n) is 5.70. The minimum atomic E-state index is -0.518. The zero-order valence-corrected chi connectivity index (χ0v) is 21.5. The molecule has 0 bridgehead atoms. The minimum Gasteiger partial charge on any atom is -0.354 e. The predicted molar refractivity (Wildman–Crippen MR) is 147 cm³/mol. The highest BCUT2D eigenvalue weighted by molar-refractivity contribution is 6.01. The molecule has 37 heavy (non-hydrogen) atoms. The number of carbonyl (C=O) groups excluding carboxylic acids is 2. The summed E-state index contributed by atoms with van der Waals surface area (Å²) in [5.41, 5.74) is 4.20. The van der Waals surface area contributed by atoms with Gasteiger partial charge in [0.15, 0.2) is 0 Å². The van der Waals surface area contributed by atoms with Crippen LogP contribution in [0.5, 0.6) is 0 Å². The second kappa shape index (κ2) is 12.2. The summed E-state index contributed by atoms with van der Waals surface area (Å²) in [5, 5.41) is 3.15. The Balaban J connectivity index is 1.11. The van der Waals surface area contributed by atoms with Crippen molar-refractivity contribution in [3.05, 3.63) is 107 Å². The standard InChI is InChI=1S/C32H37N3O2/c36-31(33-18-9-19-34-20-16-27(17-21-34)22-25-10-3-1-4-11-25)30(23-26-12-5-2-6-13-26)35-24-28-14-7-8-15-29(28)32(35)37/h1-8,10-15,27,30H,9,16-24H2,(H,33,36)/t30-/m1/s1. The monoisotopic (exact) mass is 495 g/mol. The van der Waals surface area contributed by atoms with Crippen LogP contribution in [0.15, 0.2) is 84.9 Å². The van der Waals surface area contributed by atoms with Gasteiger partial charge in [-0.1, -0.05) is 78.9 Å². The van der Waals surface area contributed by atoms with Crippen molar-refractivity contribution < 1.29 is 9.59 Å². The summed E-state index contributed by atoms with van der Waals surface area (Å²) in [7, 11) is 0. The van der Waals surface area contributed by atoms with E-state index in [4.69, 9.17) is 0 Å². The van der Waals surface area contributed by atoms with E-state index in [0.29, 0.717) is 25.1 Å². The maximum absolute atomic E-state index is 13.4. The molecule has 0 saturated carbocycles. The van der Waals surface area contributed by atoms with E-state index in [1.54, 1.807) is 4.90 Å². The van der Waals surface area contributed by atoms with Gasteiger partial charge in [-0.05, 0) is 74.0 Å². The Morgan fingerprint density at radius 2 is 1.51 bits per heavy atom. The summed E-state index contributed by atoms with van der Waals surface area (Å²) in [4.78, 5) is 30.8. The Labute approximate surface area is 220 Å². The van der Waals surface area contributed by atoms with E-state index in [0.717, 1.165) is 43.1 Å². The number of fused-ring (bicyclic) bond motifs is 1. The van der Waals surface area contributed by atoms with Crippen LogP contribution in [0.2, 0.25) is 0 Å². The van der Waals surface area contributed by atoms with Crippen molar-refractivity contribution in [2.45, 2.75) is 44.7 Å². The molecule has 2 aliphatic rings. The summed E-state index contributed by atoms with van der Waals surface area (Å²) < 4.78 is 0. The first-order valence-electron chi connectivity index (χ1n) is 13.6. The first-order valence-corrected chi connectivity index (χ1v) is 13.6. The predicted octanol–water partition coefficient (Wildman–Crippen LogP) is 4.71. The minimum absolute atomic E-state index is 0.0509. The Hall–Kier alpha value is -3.44. The molecule has 0 spiro atoms. The molecule has 1 fully saturated rings. The Morgan fingerprint density at radius 1 is 0.865 bits per heavy atom. The van der Waals surface area contributed by atoms with E-state index in [1.807, 2.05) is 54.6 Å². The van der Waals surface area contributed by atoms with Crippen LogP contribution in [-0.2, 0) is 24.2 Å². The molecule has 0 aromatic heterocycles. The van der Waals surface area contributed by atoms with E-state index in [1.165, 1.54) is 24.8 Å². The third-order valence-electron chi connectivity index (χ3n) is 7.82. The second-order valence-corrected chi connectivity index (χ2v) is 10.4. The quantitative estimate of drug-likeness (QED) is 0.414. The van der Waals surface area contributed by atoms with Gasteiger partial charge in [-0.2, -0.15) is 0 Å². The van der Waals surface area contributed by atoms with Crippen molar-refractivity contribution in [2.75, 3.05) is 26.2 Å². The van der Waals surface area contributed by atoms with Crippen LogP contribution >= 0.6 is 0 Å². The van der Waals surface area contributed by atoms with Gasteiger partial charge in [0.1, 0.15) is 6.04 Å². The van der Waals surface area contributed by atoms with E-state index >= 15 is 0 Å². The first kappa shape index (κ1) is 25.2. The van der Waals surface area contributed by atoms with Crippen LogP contribution in [0.1, 0.15) is 46.3 Å². The summed E-state index contributed by atoms with van der Waals surface area (Å²) >= 11 is 0. The molecular weight excluding hydrogens is 458 g/mol. The molecule has 3 aromatic carbocycles. The summed E-state index contributed by atoms with van der Waals surface area (Å²) in [5.74, 6) is 0.649. The second-order valence-electron chi connectivity index (χ2n) is 10.4. The van der Waals surface area contributed by atoms with Crippen molar-refractivity contribution in [1.82, 2.24) is 15.1 Å². The highest BCUT2D eigenvalue weighted by Gasteiger charge is 2.36. The van der Waals surface area contributed by atoms with Gasteiger partial charge in [0, 0.05) is 25.1 Å². The lowest BCUT2D eigenvalue weighted by atomic mass is 9.90. The fraction of sp³-hybridized carbons (Fsp3) is 0.375. The maximum atomic E-state index is 13.4. The summed E-state index contributed by atoms with van der Waals surface area (Å²) in [6.45, 7) is 4.36. The van der Waals surface area contributed by atoms with Gasteiger partial charge in [-0.3, -0.25) is 9.59 Å². The van der Waals surface area contributed by atoms with Crippen molar-refractivity contribution >= 4 is 11.8 Å². The summed E-state index contributed by atoms with van der Waals surface area (Å²) in [6, 6.07) is 27.9. The van der Waals surface area contributed by atoms with Crippen molar-refractivity contribution in [3.8, 4) is 0 Å². The lowest BCUT2D eigenvalue weighted by Gasteiger charge is -2.32. The number of piperidine rings is 1. The zero-order chi connectivity index (χ0) is 25.5. The molecule has 0 aliphatic carbocycles. The van der Waals surface area contributed by atoms with Gasteiger partial charge in [0.05, 0.1) is 0 Å². The number of rotatable bonds is 10. The van der Waals surface area contributed by atoms with Crippen molar-refractivity contribution in [2.24, 2.45) is 5.92 Å². The number of hydrogen-bond donors (Lipinski definition) is 1. The highest BCUT2D eigenvalue weighted by atomic mass is 16.2. The lowest BCUT2D eigenvalue weighted by molar-refractivity contribution is -0.125. The molecule has 192 valence electrons. The number of likely N-dealkylation sites (tertiary alicyclic amines) is 1. The molecule has 0 radical (unpaired) electrons. The Bertz CT molecular complexity index is 1170. The molecule has 1 saturated heterocycles. The number of carbonyl (C=O) groups is 2. The summed E-state index contributed by atoms with van der Waals surface area (Å²) in [6.07, 6.45) is 5.07.